The maximum Gasteiger partial charge on any atom is 0.0987 e. The normalized spacial score (nSPS) is 12.4. The highest BCUT2D eigenvalue weighted by atomic mass is 16.6. The standard InChI is InChI=1S/C18H36O8/c1-4-18(26-16-15-24-12-10-22-8-6-20-3)17-25-14-13-23-11-9-21-7-5-19-2/h4,18H,1,5-17H2,2-3H3. The molecule has 0 fully saturated rings. The first-order valence-electron chi connectivity index (χ1n) is 8.95. The zero-order valence-electron chi connectivity index (χ0n) is 16.3. The van der Waals surface area contributed by atoms with E-state index in [1.807, 2.05) is 0 Å². The largest absolute Gasteiger partial charge is 0.382 e. The summed E-state index contributed by atoms with van der Waals surface area (Å²) in [6, 6.07) is 0. The van der Waals surface area contributed by atoms with E-state index in [1.165, 1.54) is 0 Å². The molecule has 0 heterocycles. The zero-order chi connectivity index (χ0) is 19.1. The Morgan fingerprint density at radius 1 is 0.577 bits per heavy atom. The third kappa shape index (κ3) is 19.7. The van der Waals surface area contributed by atoms with Gasteiger partial charge in [-0.15, -0.1) is 6.58 Å². The van der Waals surface area contributed by atoms with Crippen LogP contribution in [-0.2, 0) is 37.9 Å². The molecule has 26 heavy (non-hydrogen) atoms. The van der Waals surface area contributed by atoms with Crippen molar-refractivity contribution in [3.8, 4) is 0 Å². The van der Waals surface area contributed by atoms with Gasteiger partial charge in [0.25, 0.3) is 0 Å². The minimum atomic E-state index is -0.158. The fraction of sp³-hybridized carbons (Fsp3) is 0.889. The van der Waals surface area contributed by atoms with Crippen molar-refractivity contribution in [1.82, 2.24) is 0 Å². The topological polar surface area (TPSA) is 73.8 Å². The summed E-state index contributed by atoms with van der Waals surface area (Å²) in [6.45, 7) is 10.7. The van der Waals surface area contributed by atoms with Gasteiger partial charge in [-0.2, -0.15) is 0 Å². The third-order valence-electron chi connectivity index (χ3n) is 3.08. The summed E-state index contributed by atoms with van der Waals surface area (Å²) in [4.78, 5) is 0. The second-order valence-electron chi connectivity index (χ2n) is 5.15. The Morgan fingerprint density at radius 2 is 0.962 bits per heavy atom. The molecule has 0 saturated heterocycles. The van der Waals surface area contributed by atoms with Gasteiger partial charge >= 0.3 is 0 Å². The summed E-state index contributed by atoms with van der Waals surface area (Å²) >= 11 is 0. The number of hydrogen-bond acceptors (Lipinski definition) is 8. The van der Waals surface area contributed by atoms with Gasteiger partial charge in [-0.05, 0) is 0 Å². The number of hydrogen-bond donors (Lipinski definition) is 0. The van der Waals surface area contributed by atoms with Crippen molar-refractivity contribution in [2.24, 2.45) is 0 Å². The van der Waals surface area contributed by atoms with Crippen LogP contribution in [0.25, 0.3) is 0 Å². The fourth-order valence-corrected chi connectivity index (χ4v) is 1.69. The van der Waals surface area contributed by atoms with E-state index in [0.717, 1.165) is 0 Å². The fourth-order valence-electron chi connectivity index (χ4n) is 1.69. The highest BCUT2D eigenvalue weighted by Gasteiger charge is 2.04. The van der Waals surface area contributed by atoms with Crippen LogP contribution in [0.5, 0.6) is 0 Å². The molecule has 0 amide bonds. The van der Waals surface area contributed by atoms with Crippen molar-refractivity contribution in [3.05, 3.63) is 12.7 Å². The van der Waals surface area contributed by atoms with Gasteiger partial charge < -0.3 is 37.9 Å². The second-order valence-corrected chi connectivity index (χ2v) is 5.15. The molecule has 0 spiro atoms. The molecule has 0 aliphatic heterocycles. The maximum absolute atomic E-state index is 5.62. The van der Waals surface area contributed by atoms with E-state index in [9.17, 15) is 0 Å². The molecule has 8 heteroatoms. The van der Waals surface area contributed by atoms with Crippen LogP contribution in [0.2, 0.25) is 0 Å². The Hall–Kier alpha value is -0.580. The molecule has 0 aliphatic rings. The van der Waals surface area contributed by atoms with Crippen molar-refractivity contribution in [3.63, 3.8) is 0 Å². The molecular formula is C18H36O8. The van der Waals surface area contributed by atoms with Crippen LogP contribution in [0, 0.1) is 0 Å². The Bertz CT molecular complexity index is 278. The summed E-state index contributed by atoms with van der Waals surface area (Å²) < 4.78 is 42.3. The van der Waals surface area contributed by atoms with Crippen LogP contribution in [0.1, 0.15) is 0 Å². The monoisotopic (exact) mass is 380 g/mol. The van der Waals surface area contributed by atoms with Gasteiger partial charge in [-0.1, -0.05) is 6.08 Å². The van der Waals surface area contributed by atoms with E-state index in [0.29, 0.717) is 85.9 Å². The minimum absolute atomic E-state index is 0.158. The van der Waals surface area contributed by atoms with Crippen LogP contribution in [0.15, 0.2) is 12.7 Å². The predicted molar refractivity (Wildman–Crippen MR) is 97.8 cm³/mol. The van der Waals surface area contributed by atoms with Crippen molar-refractivity contribution in [1.29, 1.82) is 0 Å². The number of rotatable bonds is 22. The summed E-state index contributed by atoms with van der Waals surface area (Å²) in [5.41, 5.74) is 0. The van der Waals surface area contributed by atoms with E-state index < -0.39 is 0 Å². The van der Waals surface area contributed by atoms with Gasteiger partial charge in [0.05, 0.1) is 92.0 Å². The molecule has 0 saturated carbocycles. The van der Waals surface area contributed by atoms with Crippen LogP contribution >= 0.6 is 0 Å². The van der Waals surface area contributed by atoms with Crippen molar-refractivity contribution >= 4 is 0 Å². The third-order valence-corrected chi connectivity index (χ3v) is 3.08. The Kier molecular flexibility index (Phi) is 22.0. The Morgan fingerprint density at radius 3 is 1.38 bits per heavy atom. The van der Waals surface area contributed by atoms with Gasteiger partial charge in [-0.25, -0.2) is 0 Å². The number of methoxy groups -OCH3 is 2. The maximum atomic E-state index is 5.62. The molecule has 0 aromatic rings. The summed E-state index contributed by atoms with van der Waals surface area (Å²) in [5.74, 6) is 0. The van der Waals surface area contributed by atoms with E-state index in [4.69, 9.17) is 37.9 Å². The predicted octanol–water partition coefficient (Wildman–Crippen LogP) is 0.933. The molecular weight excluding hydrogens is 344 g/mol. The van der Waals surface area contributed by atoms with Crippen molar-refractivity contribution in [2.75, 3.05) is 100 Å². The van der Waals surface area contributed by atoms with Crippen molar-refractivity contribution < 1.29 is 37.9 Å². The molecule has 156 valence electrons. The Balaban J connectivity index is 3.29. The van der Waals surface area contributed by atoms with Crippen molar-refractivity contribution in [2.45, 2.75) is 6.10 Å². The average Bonchev–Trinajstić information content (AvgIpc) is 2.66. The lowest BCUT2D eigenvalue weighted by Gasteiger charge is -2.14. The Labute approximate surface area is 157 Å². The first-order chi connectivity index (χ1) is 12.8. The lowest BCUT2D eigenvalue weighted by molar-refractivity contribution is -0.0401. The van der Waals surface area contributed by atoms with Gasteiger partial charge in [0.15, 0.2) is 0 Å². The molecule has 0 aromatic heterocycles. The van der Waals surface area contributed by atoms with Gasteiger partial charge in [0.2, 0.25) is 0 Å². The van der Waals surface area contributed by atoms with Crippen LogP contribution in [0.3, 0.4) is 0 Å². The molecule has 0 radical (unpaired) electrons. The first-order valence-corrected chi connectivity index (χ1v) is 8.95. The summed E-state index contributed by atoms with van der Waals surface area (Å²) in [5, 5.41) is 0. The molecule has 0 bridgehead atoms. The smallest absolute Gasteiger partial charge is 0.0987 e. The van der Waals surface area contributed by atoms with E-state index in [-0.39, 0.29) is 6.10 Å². The van der Waals surface area contributed by atoms with Crippen LogP contribution in [-0.4, -0.2) is 106 Å². The zero-order valence-corrected chi connectivity index (χ0v) is 16.3. The molecule has 0 N–H and O–H groups in total. The molecule has 0 rings (SSSR count). The second kappa shape index (κ2) is 22.5. The number of ether oxygens (including phenoxy) is 8. The van der Waals surface area contributed by atoms with E-state index >= 15 is 0 Å². The lowest BCUT2D eigenvalue weighted by Crippen LogP contribution is -2.21. The highest BCUT2D eigenvalue weighted by Crippen LogP contribution is 1.95. The highest BCUT2D eigenvalue weighted by molar-refractivity contribution is 4.79. The van der Waals surface area contributed by atoms with Gasteiger partial charge in [0, 0.05) is 14.2 Å². The molecule has 0 aromatic carbocycles. The van der Waals surface area contributed by atoms with Gasteiger partial charge in [-0.3, -0.25) is 0 Å². The average molecular weight is 380 g/mol. The SMILES string of the molecule is C=CC(COCCOCCOCCOC)OCCOCCOCCOC. The first kappa shape index (κ1) is 25.4. The van der Waals surface area contributed by atoms with Crippen LogP contribution < -0.4 is 0 Å². The van der Waals surface area contributed by atoms with Gasteiger partial charge in [0.1, 0.15) is 0 Å². The molecule has 1 unspecified atom stereocenters. The lowest BCUT2D eigenvalue weighted by atomic mass is 10.4. The molecule has 8 nitrogen and oxygen atoms in total. The summed E-state index contributed by atoms with van der Waals surface area (Å²) in [6.07, 6.45) is 1.56. The quantitative estimate of drug-likeness (QED) is 0.203. The molecule has 1 atom stereocenters. The minimum Gasteiger partial charge on any atom is -0.382 e. The van der Waals surface area contributed by atoms with E-state index in [2.05, 4.69) is 6.58 Å². The summed E-state index contributed by atoms with van der Waals surface area (Å²) in [7, 11) is 3.29. The molecule has 0 aliphatic carbocycles. The van der Waals surface area contributed by atoms with Crippen LogP contribution in [0.4, 0.5) is 0 Å². The van der Waals surface area contributed by atoms with E-state index in [1.54, 1.807) is 20.3 Å².